The molecule has 0 spiro atoms. The van der Waals surface area contributed by atoms with Gasteiger partial charge in [0.1, 0.15) is 0 Å². The molecule has 0 aliphatic rings. The highest BCUT2D eigenvalue weighted by Crippen LogP contribution is 2.15. The lowest BCUT2D eigenvalue weighted by Gasteiger charge is -1.99. The van der Waals surface area contributed by atoms with Crippen LogP contribution in [0.2, 0.25) is 0 Å². The molecule has 1 heterocycles. The minimum atomic E-state index is -0.752. The van der Waals surface area contributed by atoms with E-state index in [9.17, 15) is 9.59 Å². The van der Waals surface area contributed by atoms with Crippen molar-refractivity contribution in [1.82, 2.24) is 4.57 Å². The Morgan fingerprint density at radius 1 is 1.33 bits per heavy atom. The van der Waals surface area contributed by atoms with Crippen molar-refractivity contribution in [1.29, 1.82) is 0 Å². The molecule has 0 saturated carbocycles. The molecule has 2 aromatic rings. The quantitative estimate of drug-likeness (QED) is 0.373. The van der Waals surface area contributed by atoms with Gasteiger partial charge in [-0.2, -0.15) is 0 Å². The van der Waals surface area contributed by atoms with Gasteiger partial charge in [0.2, 0.25) is 10.5 Å². The Morgan fingerprint density at radius 3 is 2.67 bits per heavy atom. The number of aromatic nitrogens is 1. The smallest absolute Gasteiger partial charge is 0.362 e. The number of nitrogens with zero attached hydrogens (tertiary/aromatic N) is 3. The summed E-state index contributed by atoms with van der Waals surface area (Å²) in [5.41, 5.74) is 0.714. The highest BCUT2D eigenvalue weighted by Gasteiger charge is 2.17. The van der Waals surface area contributed by atoms with Crippen molar-refractivity contribution in [2.24, 2.45) is 17.3 Å². The Labute approximate surface area is 125 Å². The summed E-state index contributed by atoms with van der Waals surface area (Å²) in [5, 5.41) is 7.79. The molecule has 0 amide bonds. The van der Waals surface area contributed by atoms with E-state index in [0.29, 0.717) is 4.80 Å². The summed E-state index contributed by atoms with van der Waals surface area (Å²) in [4.78, 5) is 23.7. The molecule has 21 heavy (non-hydrogen) atoms. The normalized spacial score (nSPS) is 12.7. The molecule has 0 atom stereocenters. The summed E-state index contributed by atoms with van der Waals surface area (Å²) in [6.45, 7) is 3.11. The minimum absolute atomic E-state index is 0.182. The molecule has 1 aromatic carbocycles. The summed E-state index contributed by atoms with van der Waals surface area (Å²) in [6.07, 6.45) is 0. The molecule has 0 N–H and O–H groups in total. The number of aryl methyl sites for hydroxylation is 1. The second-order valence-corrected chi connectivity index (χ2v) is 5.25. The fourth-order valence-electron chi connectivity index (χ4n) is 1.73. The number of rotatable bonds is 4. The molecule has 7 heteroatoms. The Balaban J connectivity index is 2.49. The topological polar surface area (TPSA) is 73.0 Å². The Kier molecular flexibility index (Phi) is 4.64. The molecule has 110 valence electrons. The van der Waals surface area contributed by atoms with Crippen LogP contribution in [0, 0.1) is 0 Å². The molecular weight excluding hydrogens is 290 g/mol. The lowest BCUT2D eigenvalue weighted by atomic mass is 10.3. The first-order chi connectivity index (χ1) is 10.0. The fraction of sp³-hybridized carbons (Fsp3) is 0.286. The van der Waals surface area contributed by atoms with Crippen LogP contribution in [0.15, 0.2) is 34.5 Å². The number of ether oxygens (including phenoxy) is 1. The van der Waals surface area contributed by atoms with Gasteiger partial charge in [-0.15, -0.1) is 10.2 Å². The van der Waals surface area contributed by atoms with Gasteiger partial charge in [0, 0.05) is 14.0 Å². The largest absolute Gasteiger partial charge is 0.461 e. The van der Waals surface area contributed by atoms with Gasteiger partial charge in [-0.1, -0.05) is 23.5 Å². The van der Waals surface area contributed by atoms with E-state index >= 15 is 0 Å². The number of carbonyl (C=O) groups excluding carboxylic acids is 2. The van der Waals surface area contributed by atoms with Crippen LogP contribution in [-0.2, 0) is 21.4 Å². The predicted molar refractivity (Wildman–Crippen MR) is 81.1 cm³/mol. The SMILES string of the molecule is CCOC(=O)/C(=N/N=c1/sc2ccccc2n1C)C(C)=O. The van der Waals surface area contributed by atoms with Crippen molar-refractivity contribution < 1.29 is 14.3 Å². The zero-order valence-corrected chi connectivity index (χ0v) is 12.8. The number of hydrogen-bond acceptors (Lipinski definition) is 6. The number of thiazole rings is 1. The second kappa shape index (κ2) is 6.45. The van der Waals surface area contributed by atoms with E-state index in [2.05, 4.69) is 10.2 Å². The third kappa shape index (κ3) is 3.25. The average molecular weight is 305 g/mol. The molecular formula is C14H15N3O3S. The lowest BCUT2D eigenvalue weighted by molar-refractivity contribution is -0.135. The van der Waals surface area contributed by atoms with E-state index in [1.165, 1.54) is 18.3 Å². The predicted octanol–water partition coefficient (Wildman–Crippen LogP) is 1.65. The number of esters is 1. The van der Waals surface area contributed by atoms with Crippen molar-refractivity contribution in [3.63, 3.8) is 0 Å². The fourth-order valence-corrected chi connectivity index (χ4v) is 2.69. The van der Waals surface area contributed by atoms with Gasteiger partial charge in [0.05, 0.1) is 16.8 Å². The molecule has 6 nitrogen and oxygen atoms in total. The Hall–Kier alpha value is -2.28. The maximum atomic E-state index is 11.6. The van der Waals surface area contributed by atoms with Gasteiger partial charge in [0.15, 0.2) is 5.78 Å². The van der Waals surface area contributed by atoms with Crippen molar-refractivity contribution in [2.75, 3.05) is 6.61 Å². The highest BCUT2D eigenvalue weighted by atomic mass is 32.1. The molecule has 1 aromatic heterocycles. The second-order valence-electron chi connectivity index (χ2n) is 4.24. The van der Waals surface area contributed by atoms with Gasteiger partial charge >= 0.3 is 5.97 Å². The number of ketones is 1. The van der Waals surface area contributed by atoms with E-state index in [1.54, 1.807) is 6.92 Å². The van der Waals surface area contributed by atoms with Gasteiger partial charge in [-0.25, -0.2) is 4.79 Å². The Morgan fingerprint density at radius 2 is 2.05 bits per heavy atom. The van der Waals surface area contributed by atoms with Crippen LogP contribution in [0.25, 0.3) is 10.2 Å². The van der Waals surface area contributed by atoms with Gasteiger partial charge in [0.25, 0.3) is 0 Å². The minimum Gasteiger partial charge on any atom is -0.461 e. The summed E-state index contributed by atoms with van der Waals surface area (Å²) < 4.78 is 7.69. The molecule has 0 unspecified atom stereocenters. The van der Waals surface area contributed by atoms with Gasteiger partial charge < -0.3 is 9.30 Å². The number of benzene rings is 1. The van der Waals surface area contributed by atoms with Crippen LogP contribution in [0.5, 0.6) is 0 Å². The molecule has 2 rings (SSSR count). The van der Waals surface area contributed by atoms with Gasteiger partial charge in [-0.3, -0.25) is 4.79 Å². The van der Waals surface area contributed by atoms with Crippen LogP contribution in [-0.4, -0.2) is 28.6 Å². The maximum absolute atomic E-state index is 11.6. The number of Topliss-reactive ketones (excluding diaryl/α,β-unsaturated/α-hetero) is 1. The third-order valence-electron chi connectivity index (χ3n) is 2.75. The first-order valence-electron chi connectivity index (χ1n) is 6.39. The molecule has 0 bridgehead atoms. The van der Waals surface area contributed by atoms with Crippen LogP contribution >= 0.6 is 11.3 Å². The van der Waals surface area contributed by atoms with Crippen molar-refractivity contribution in [3.8, 4) is 0 Å². The number of hydrogen-bond donors (Lipinski definition) is 0. The van der Waals surface area contributed by atoms with E-state index in [1.807, 2.05) is 35.9 Å². The first-order valence-corrected chi connectivity index (χ1v) is 7.20. The number of fused-ring (bicyclic) bond motifs is 1. The summed E-state index contributed by atoms with van der Waals surface area (Å²) in [6, 6.07) is 7.80. The zero-order valence-electron chi connectivity index (χ0n) is 12.0. The molecule has 0 fully saturated rings. The van der Waals surface area contributed by atoms with E-state index in [0.717, 1.165) is 10.2 Å². The van der Waals surface area contributed by atoms with Crippen LogP contribution in [0.4, 0.5) is 0 Å². The van der Waals surface area contributed by atoms with E-state index in [4.69, 9.17) is 4.74 Å². The summed E-state index contributed by atoms with van der Waals surface area (Å²) in [5.74, 6) is -1.22. The van der Waals surface area contributed by atoms with Crippen LogP contribution < -0.4 is 4.80 Å². The van der Waals surface area contributed by atoms with Crippen LogP contribution in [0.1, 0.15) is 13.8 Å². The summed E-state index contributed by atoms with van der Waals surface area (Å²) >= 11 is 1.43. The zero-order chi connectivity index (χ0) is 15.4. The number of carbonyl (C=O) groups is 2. The molecule has 0 radical (unpaired) electrons. The molecule has 0 saturated heterocycles. The lowest BCUT2D eigenvalue weighted by Crippen LogP contribution is -2.24. The van der Waals surface area contributed by atoms with Crippen LogP contribution in [0.3, 0.4) is 0 Å². The van der Waals surface area contributed by atoms with Gasteiger partial charge in [-0.05, 0) is 19.1 Å². The van der Waals surface area contributed by atoms with Crippen molar-refractivity contribution in [2.45, 2.75) is 13.8 Å². The third-order valence-corrected chi connectivity index (χ3v) is 3.86. The molecule has 0 aliphatic heterocycles. The highest BCUT2D eigenvalue weighted by molar-refractivity contribution is 7.16. The average Bonchev–Trinajstić information content (AvgIpc) is 2.76. The van der Waals surface area contributed by atoms with E-state index < -0.39 is 11.8 Å². The van der Waals surface area contributed by atoms with Crippen molar-refractivity contribution in [3.05, 3.63) is 29.1 Å². The first kappa shape index (κ1) is 15.1. The maximum Gasteiger partial charge on any atom is 0.362 e. The Bertz CT molecular complexity index is 786. The standard InChI is InChI=1S/C14H15N3O3S/c1-4-20-13(19)12(9(2)18)15-16-14-17(3)10-7-5-6-8-11(10)21-14/h5-8H,4H2,1-3H3/b15-12+,16-14+. The monoisotopic (exact) mass is 305 g/mol. The molecule has 0 aliphatic carbocycles. The van der Waals surface area contributed by atoms with E-state index in [-0.39, 0.29) is 12.3 Å². The van der Waals surface area contributed by atoms with Crippen molar-refractivity contribution >= 4 is 39.0 Å². The number of para-hydroxylation sites is 1. The summed E-state index contributed by atoms with van der Waals surface area (Å²) in [7, 11) is 1.85.